The zero-order valence-corrected chi connectivity index (χ0v) is 11.9. The maximum atomic E-state index is 11.1. The molecule has 1 aromatic carbocycles. The van der Waals surface area contributed by atoms with Crippen molar-refractivity contribution in [2.75, 3.05) is 21.3 Å². The van der Waals surface area contributed by atoms with Gasteiger partial charge in [-0.05, 0) is 12.1 Å². The first-order valence-electron chi connectivity index (χ1n) is 5.88. The highest BCUT2D eigenvalue weighted by Crippen LogP contribution is 2.35. The van der Waals surface area contributed by atoms with E-state index < -0.39 is 18.4 Å². The SMILES string of the molecule is COc1cc(OC)c(OC)cc1/C=C(\CC(=O)O)C(=O)O. The fraction of sp³-hybridized carbons (Fsp3) is 0.286. The molecule has 21 heavy (non-hydrogen) atoms. The predicted octanol–water partition coefficient (Wildman–Crippen LogP) is 1.66. The van der Waals surface area contributed by atoms with Crippen LogP contribution in [0.25, 0.3) is 6.08 Å². The van der Waals surface area contributed by atoms with E-state index in [1.807, 2.05) is 0 Å². The maximum absolute atomic E-state index is 11.1. The maximum Gasteiger partial charge on any atom is 0.332 e. The van der Waals surface area contributed by atoms with E-state index in [4.69, 9.17) is 24.4 Å². The number of hydrogen-bond acceptors (Lipinski definition) is 5. The Morgan fingerprint density at radius 2 is 1.52 bits per heavy atom. The van der Waals surface area contributed by atoms with Crippen molar-refractivity contribution in [1.29, 1.82) is 0 Å². The lowest BCUT2D eigenvalue weighted by molar-refractivity contribution is -0.139. The summed E-state index contributed by atoms with van der Waals surface area (Å²) in [5.74, 6) is -1.40. The van der Waals surface area contributed by atoms with E-state index in [1.165, 1.54) is 39.5 Å². The van der Waals surface area contributed by atoms with E-state index in [9.17, 15) is 9.59 Å². The molecule has 2 N–H and O–H groups in total. The summed E-state index contributed by atoms with van der Waals surface area (Å²) in [4.78, 5) is 21.8. The highest BCUT2D eigenvalue weighted by Gasteiger charge is 2.15. The summed E-state index contributed by atoms with van der Waals surface area (Å²) in [7, 11) is 4.31. The molecule has 0 aromatic heterocycles. The fourth-order valence-corrected chi connectivity index (χ4v) is 1.70. The van der Waals surface area contributed by atoms with Crippen molar-refractivity contribution < 1.29 is 34.0 Å². The van der Waals surface area contributed by atoms with E-state index in [1.54, 1.807) is 0 Å². The second-order valence-corrected chi connectivity index (χ2v) is 3.99. The summed E-state index contributed by atoms with van der Waals surface area (Å²) in [6.45, 7) is 0. The third-order valence-electron chi connectivity index (χ3n) is 2.68. The van der Waals surface area contributed by atoms with E-state index >= 15 is 0 Å². The second kappa shape index (κ2) is 7.18. The molecule has 0 spiro atoms. The molecule has 0 fully saturated rings. The Balaban J connectivity index is 3.38. The average molecular weight is 296 g/mol. The Bertz CT molecular complexity index is 575. The van der Waals surface area contributed by atoms with Gasteiger partial charge in [0.2, 0.25) is 0 Å². The predicted molar refractivity (Wildman–Crippen MR) is 74.0 cm³/mol. The van der Waals surface area contributed by atoms with E-state index in [0.29, 0.717) is 22.8 Å². The Morgan fingerprint density at radius 3 is 1.95 bits per heavy atom. The van der Waals surface area contributed by atoms with Crippen LogP contribution in [0.15, 0.2) is 17.7 Å². The fourth-order valence-electron chi connectivity index (χ4n) is 1.70. The van der Waals surface area contributed by atoms with Crippen LogP contribution < -0.4 is 14.2 Å². The van der Waals surface area contributed by atoms with E-state index in [2.05, 4.69) is 0 Å². The molecule has 0 saturated heterocycles. The van der Waals surface area contributed by atoms with Gasteiger partial charge >= 0.3 is 11.9 Å². The van der Waals surface area contributed by atoms with Gasteiger partial charge in [-0.2, -0.15) is 0 Å². The van der Waals surface area contributed by atoms with Gasteiger partial charge in [-0.25, -0.2) is 4.79 Å². The first kappa shape index (κ1) is 16.4. The minimum Gasteiger partial charge on any atom is -0.496 e. The zero-order valence-electron chi connectivity index (χ0n) is 11.9. The van der Waals surface area contributed by atoms with Crippen molar-refractivity contribution in [3.05, 3.63) is 23.3 Å². The molecule has 0 amide bonds. The van der Waals surface area contributed by atoms with Gasteiger partial charge < -0.3 is 24.4 Å². The number of benzene rings is 1. The van der Waals surface area contributed by atoms with Gasteiger partial charge in [0.05, 0.1) is 27.8 Å². The van der Waals surface area contributed by atoms with Crippen molar-refractivity contribution >= 4 is 18.0 Å². The molecular weight excluding hydrogens is 280 g/mol. The zero-order chi connectivity index (χ0) is 16.0. The van der Waals surface area contributed by atoms with Gasteiger partial charge in [-0.3, -0.25) is 4.79 Å². The molecule has 0 heterocycles. The number of hydrogen-bond donors (Lipinski definition) is 2. The molecule has 0 unspecified atom stereocenters. The Kier molecular flexibility index (Phi) is 5.59. The van der Waals surface area contributed by atoms with Crippen LogP contribution in [0.1, 0.15) is 12.0 Å². The Hall–Kier alpha value is -2.70. The molecule has 7 heteroatoms. The monoisotopic (exact) mass is 296 g/mol. The summed E-state index contributed by atoms with van der Waals surface area (Å²) >= 11 is 0. The summed E-state index contributed by atoms with van der Waals surface area (Å²) in [6.07, 6.45) is 0.629. The molecule has 7 nitrogen and oxygen atoms in total. The van der Waals surface area contributed by atoms with Crippen LogP contribution in [0.5, 0.6) is 17.2 Å². The quantitative estimate of drug-likeness (QED) is 0.737. The number of methoxy groups -OCH3 is 3. The van der Waals surface area contributed by atoms with Crippen LogP contribution >= 0.6 is 0 Å². The lowest BCUT2D eigenvalue weighted by atomic mass is 10.1. The van der Waals surface area contributed by atoms with Gasteiger partial charge in [0.1, 0.15) is 5.75 Å². The van der Waals surface area contributed by atoms with Crippen LogP contribution in [0.4, 0.5) is 0 Å². The van der Waals surface area contributed by atoms with Crippen molar-refractivity contribution in [1.82, 2.24) is 0 Å². The molecule has 1 aromatic rings. The van der Waals surface area contributed by atoms with Crippen LogP contribution in [-0.4, -0.2) is 43.5 Å². The summed E-state index contributed by atoms with van der Waals surface area (Å²) in [5.41, 5.74) is 0.113. The van der Waals surface area contributed by atoms with Gasteiger partial charge in [0.15, 0.2) is 11.5 Å². The molecule has 0 aliphatic heterocycles. The van der Waals surface area contributed by atoms with Crippen LogP contribution in [-0.2, 0) is 9.59 Å². The average Bonchev–Trinajstić information content (AvgIpc) is 2.45. The van der Waals surface area contributed by atoms with Crippen LogP contribution in [0, 0.1) is 0 Å². The molecule has 0 atom stereocenters. The van der Waals surface area contributed by atoms with Crippen molar-refractivity contribution in [3.63, 3.8) is 0 Å². The molecule has 1 rings (SSSR count). The Labute approximate surface area is 121 Å². The van der Waals surface area contributed by atoms with Crippen LogP contribution in [0.3, 0.4) is 0 Å². The lowest BCUT2D eigenvalue weighted by Crippen LogP contribution is -2.06. The number of carbonyl (C=O) groups is 2. The second-order valence-electron chi connectivity index (χ2n) is 3.99. The van der Waals surface area contributed by atoms with E-state index in [-0.39, 0.29) is 5.57 Å². The van der Waals surface area contributed by atoms with E-state index in [0.717, 1.165) is 0 Å². The molecule has 114 valence electrons. The van der Waals surface area contributed by atoms with Crippen LogP contribution in [0.2, 0.25) is 0 Å². The smallest absolute Gasteiger partial charge is 0.332 e. The third kappa shape index (κ3) is 4.13. The van der Waals surface area contributed by atoms with Gasteiger partial charge in [-0.1, -0.05) is 0 Å². The molecule has 0 aliphatic rings. The molecule has 0 bridgehead atoms. The molecule has 0 aliphatic carbocycles. The number of aliphatic carboxylic acids is 2. The topological polar surface area (TPSA) is 102 Å². The first-order valence-corrected chi connectivity index (χ1v) is 5.88. The lowest BCUT2D eigenvalue weighted by Gasteiger charge is -2.12. The molecule has 0 radical (unpaired) electrons. The Morgan fingerprint density at radius 1 is 1.00 bits per heavy atom. The minimum absolute atomic E-state index is 0.270. The summed E-state index contributed by atoms with van der Waals surface area (Å²) < 4.78 is 15.4. The summed E-state index contributed by atoms with van der Waals surface area (Å²) in [5, 5.41) is 17.8. The molecular formula is C14H16O7. The first-order chi connectivity index (χ1) is 9.92. The highest BCUT2D eigenvalue weighted by atomic mass is 16.5. The van der Waals surface area contributed by atoms with Gasteiger partial charge in [0.25, 0.3) is 0 Å². The van der Waals surface area contributed by atoms with Crippen molar-refractivity contribution in [3.8, 4) is 17.2 Å². The van der Waals surface area contributed by atoms with Gasteiger partial charge in [-0.15, -0.1) is 0 Å². The number of carboxylic acids is 2. The number of carboxylic acid groups (broad SMARTS) is 2. The standard InChI is InChI=1S/C14H16O7/c1-19-10-7-12(21-3)11(20-2)5-8(10)4-9(14(17)18)6-13(15)16/h4-5,7H,6H2,1-3H3,(H,15,16)(H,17,18)/b9-4+. The van der Waals surface area contributed by atoms with Crippen molar-refractivity contribution in [2.24, 2.45) is 0 Å². The number of ether oxygens (including phenoxy) is 3. The minimum atomic E-state index is -1.31. The third-order valence-corrected chi connectivity index (χ3v) is 2.68. The number of rotatable bonds is 7. The highest BCUT2D eigenvalue weighted by molar-refractivity contribution is 5.97. The molecule has 0 saturated carbocycles. The van der Waals surface area contributed by atoms with Crippen molar-refractivity contribution in [2.45, 2.75) is 6.42 Å². The summed E-state index contributed by atoms with van der Waals surface area (Å²) in [6, 6.07) is 3.05. The normalized spacial score (nSPS) is 10.9. The van der Waals surface area contributed by atoms with Gasteiger partial charge in [0, 0.05) is 17.2 Å². The largest absolute Gasteiger partial charge is 0.496 e.